The van der Waals surface area contributed by atoms with E-state index in [1.807, 2.05) is 30.1 Å². The fourth-order valence-electron chi connectivity index (χ4n) is 3.28. The van der Waals surface area contributed by atoms with E-state index in [0.717, 1.165) is 41.8 Å². The van der Waals surface area contributed by atoms with Gasteiger partial charge in [-0.3, -0.25) is 16.3 Å². The molecule has 0 aliphatic carbocycles. The monoisotopic (exact) mass is 357 g/mol. The Morgan fingerprint density at radius 1 is 1.60 bits per heavy atom. The quantitative estimate of drug-likeness (QED) is 0.643. The van der Waals surface area contributed by atoms with Crippen LogP contribution in [0.4, 0.5) is 0 Å². The maximum absolute atomic E-state index is 6.10. The number of pyridine rings is 1. The summed E-state index contributed by atoms with van der Waals surface area (Å²) in [5.41, 5.74) is 4.06. The normalized spacial score (nSPS) is 31.6. The number of thioether (sulfide) groups is 1. The molecule has 3 unspecified atom stereocenters. The predicted molar refractivity (Wildman–Crippen MR) is 85.4 cm³/mol. The molecule has 0 aromatic carbocycles. The zero-order valence-corrected chi connectivity index (χ0v) is 13.8. The molecule has 6 heteroatoms. The first-order valence-electron chi connectivity index (χ1n) is 7.02. The van der Waals surface area contributed by atoms with Gasteiger partial charge in [0.1, 0.15) is 0 Å². The van der Waals surface area contributed by atoms with Gasteiger partial charge in [-0.1, -0.05) is 0 Å². The fraction of sp³-hybridized carbons (Fsp3) is 0.643. The van der Waals surface area contributed by atoms with Gasteiger partial charge in [0, 0.05) is 23.0 Å². The van der Waals surface area contributed by atoms with Crippen LogP contribution in [0.1, 0.15) is 31.0 Å². The van der Waals surface area contributed by atoms with Crippen molar-refractivity contribution in [1.82, 2.24) is 10.4 Å². The summed E-state index contributed by atoms with van der Waals surface area (Å²) in [6, 6.07) is 4.03. The molecular formula is C14H20BrN3OS. The minimum Gasteiger partial charge on any atom is -0.374 e. The van der Waals surface area contributed by atoms with Crippen LogP contribution < -0.4 is 11.3 Å². The highest BCUT2D eigenvalue weighted by Gasteiger charge is 2.43. The summed E-state index contributed by atoms with van der Waals surface area (Å²) >= 11 is 5.58. The highest BCUT2D eigenvalue weighted by molar-refractivity contribution is 9.10. The number of hydrogen-bond acceptors (Lipinski definition) is 5. The maximum atomic E-state index is 6.10. The van der Waals surface area contributed by atoms with Crippen molar-refractivity contribution in [1.29, 1.82) is 0 Å². The second-order valence-electron chi connectivity index (χ2n) is 5.60. The van der Waals surface area contributed by atoms with Crippen molar-refractivity contribution in [3.8, 4) is 0 Å². The molecule has 2 fully saturated rings. The maximum Gasteiger partial charge on any atom is 0.0783 e. The lowest BCUT2D eigenvalue weighted by molar-refractivity contribution is -0.0856. The molecular weight excluding hydrogens is 338 g/mol. The summed E-state index contributed by atoms with van der Waals surface area (Å²) in [6.07, 6.45) is 5.09. The van der Waals surface area contributed by atoms with E-state index in [9.17, 15) is 0 Å². The zero-order valence-electron chi connectivity index (χ0n) is 11.3. The smallest absolute Gasteiger partial charge is 0.0783 e. The van der Waals surface area contributed by atoms with E-state index in [4.69, 9.17) is 10.6 Å². The van der Waals surface area contributed by atoms with E-state index in [-0.39, 0.29) is 11.6 Å². The zero-order chi connectivity index (χ0) is 14.0. The minimum absolute atomic E-state index is 0.0734. The number of halogens is 1. The van der Waals surface area contributed by atoms with Crippen LogP contribution in [0.25, 0.3) is 0 Å². The van der Waals surface area contributed by atoms with Gasteiger partial charge in [-0.25, -0.2) is 0 Å². The topological polar surface area (TPSA) is 60.2 Å². The number of hydrogen-bond donors (Lipinski definition) is 2. The molecule has 3 heterocycles. The lowest BCUT2D eigenvalue weighted by atomic mass is 9.80. The van der Waals surface area contributed by atoms with Gasteiger partial charge in [0.25, 0.3) is 0 Å². The summed E-state index contributed by atoms with van der Waals surface area (Å²) in [6.45, 7) is 0.827. The molecule has 0 saturated carbocycles. The number of hydrazine groups is 1. The van der Waals surface area contributed by atoms with Crippen molar-refractivity contribution in [2.75, 3.05) is 18.1 Å². The van der Waals surface area contributed by atoms with Crippen molar-refractivity contribution >= 4 is 27.7 Å². The van der Waals surface area contributed by atoms with Crippen molar-refractivity contribution in [2.45, 2.75) is 30.9 Å². The van der Waals surface area contributed by atoms with E-state index in [1.54, 1.807) is 0 Å². The molecule has 1 aromatic heterocycles. The Morgan fingerprint density at radius 2 is 2.50 bits per heavy atom. The molecule has 0 bridgehead atoms. The Bertz CT molecular complexity index is 467. The van der Waals surface area contributed by atoms with Crippen LogP contribution >= 0.6 is 27.7 Å². The largest absolute Gasteiger partial charge is 0.374 e. The molecule has 2 saturated heterocycles. The number of nitrogens with two attached hydrogens (primary N) is 1. The number of ether oxygens (including phenoxy) is 1. The van der Waals surface area contributed by atoms with Gasteiger partial charge in [-0.05, 0) is 59.0 Å². The van der Waals surface area contributed by atoms with Crippen molar-refractivity contribution in [2.24, 2.45) is 11.8 Å². The Morgan fingerprint density at radius 3 is 3.20 bits per heavy atom. The second-order valence-corrected chi connectivity index (χ2v) is 7.56. The highest BCUT2D eigenvalue weighted by atomic mass is 79.9. The van der Waals surface area contributed by atoms with E-state index in [0.29, 0.717) is 5.92 Å². The molecule has 4 nitrogen and oxygen atoms in total. The lowest BCUT2D eigenvalue weighted by Crippen LogP contribution is -2.45. The van der Waals surface area contributed by atoms with E-state index in [2.05, 4.69) is 26.3 Å². The van der Waals surface area contributed by atoms with E-state index in [1.165, 1.54) is 5.75 Å². The third-order valence-corrected chi connectivity index (χ3v) is 6.22. The average molecular weight is 358 g/mol. The predicted octanol–water partition coefficient (Wildman–Crippen LogP) is 2.65. The standard InChI is InChI=1S/C14H20BrN3OS/c15-11-2-1-5-17-13(11)12(18-16)10-3-6-19-14(8-10)4-7-20-9-14/h1-2,5,10,12,18H,3-4,6-9,16H2. The van der Waals surface area contributed by atoms with Gasteiger partial charge in [-0.2, -0.15) is 11.8 Å². The summed E-state index contributed by atoms with van der Waals surface area (Å²) in [7, 11) is 0. The number of nitrogens with zero attached hydrogens (tertiary/aromatic N) is 1. The first kappa shape index (κ1) is 14.8. The van der Waals surface area contributed by atoms with Crippen molar-refractivity contribution in [3.05, 3.63) is 28.5 Å². The Balaban J connectivity index is 1.81. The summed E-state index contributed by atoms with van der Waals surface area (Å²) in [4.78, 5) is 4.50. The number of rotatable bonds is 3. The van der Waals surface area contributed by atoms with Crippen LogP contribution in [0.2, 0.25) is 0 Å². The molecule has 0 amide bonds. The molecule has 3 rings (SSSR count). The van der Waals surface area contributed by atoms with E-state index < -0.39 is 0 Å². The molecule has 20 heavy (non-hydrogen) atoms. The first-order chi connectivity index (χ1) is 9.74. The van der Waals surface area contributed by atoms with Gasteiger partial charge in [0.15, 0.2) is 0 Å². The molecule has 2 aliphatic heterocycles. The molecule has 3 N–H and O–H groups in total. The Hall–Kier alpha value is -0.140. The van der Waals surface area contributed by atoms with Gasteiger partial charge < -0.3 is 4.74 Å². The number of nitrogens with one attached hydrogen (secondary N) is 1. The SMILES string of the molecule is NNC(c1ncccc1Br)C1CCOC2(CCSC2)C1. The fourth-order valence-corrected chi connectivity index (χ4v) is 5.16. The summed E-state index contributed by atoms with van der Waals surface area (Å²) in [5, 5.41) is 0. The van der Waals surface area contributed by atoms with Crippen LogP contribution in [0.15, 0.2) is 22.8 Å². The van der Waals surface area contributed by atoms with Crippen molar-refractivity contribution in [3.63, 3.8) is 0 Å². The molecule has 110 valence electrons. The molecule has 1 spiro atoms. The van der Waals surface area contributed by atoms with Gasteiger partial charge in [-0.15, -0.1) is 0 Å². The minimum atomic E-state index is 0.0734. The Labute approximate surface area is 132 Å². The van der Waals surface area contributed by atoms with Crippen LogP contribution in [-0.4, -0.2) is 28.7 Å². The average Bonchev–Trinajstić information content (AvgIpc) is 2.90. The summed E-state index contributed by atoms with van der Waals surface area (Å²) < 4.78 is 7.11. The number of aromatic nitrogens is 1. The van der Waals surface area contributed by atoms with Crippen LogP contribution in [0.3, 0.4) is 0 Å². The van der Waals surface area contributed by atoms with Crippen molar-refractivity contribution < 1.29 is 4.74 Å². The Kier molecular flexibility index (Phi) is 4.67. The highest BCUT2D eigenvalue weighted by Crippen LogP contribution is 2.44. The summed E-state index contributed by atoms with van der Waals surface area (Å²) in [5.74, 6) is 8.63. The molecule has 3 atom stereocenters. The second kappa shape index (κ2) is 6.32. The van der Waals surface area contributed by atoms with E-state index >= 15 is 0 Å². The van der Waals surface area contributed by atoms with Crippen LogP contribution in [-0.2, 0) is 4.74 Å². The van der Waals surface area contributed by atoms with Gasteiger partial charge in [0.2, 0.25) is 0 Å². The van der Waals surface area contributed by atoms with Gasteiger partial charge >= 0.3 is 0 Å². The first-order valence-corrected chi connectivity index (χ1v) is 8.97. The molecule has 1 aromatic rings. The molecule has 0 radical (unpaired) electrons. The third-order valence-electron chi connectivity index (χ3n) is 4.33. The lowest BCUT2D eigenvalue weighted by Gasteiger charge is -2.40. The third kappa shape index (κ3) is 2.90. The molecule has 2 aliphatic rings. The van der Waals surface area contributed by atoms with Crippen LogP contribution in [0.5, 0.6) is 0 Å². The van der Waals surface area contributed by atoms with Crippen LogP contribution in [0, 0.1) is 5.92 Å². The van der Waals surface area contributed by atoms with Gasteiger partial charge in [0.05, 0.1) is 17.3 Å².